The van der Waals surface area contributed by atoms with Gasteiger partial charge in [-0.3, -0.25) is 0 Å². The molecule has 0 bridgehead atoms. The van der Waals surface area contributed by atoms with Gasteiger partial charge in [-0.15, -0.1) is 0 Å². The molecule has 22 heavy (non-hydrogen) atoms. The number of aliphatic hydroxyl groups is 1. The van der Waals surface area contributed by atoms with Gasteiger partial charge in [-0.2, -0.15) is 11.8 Å². The molecule has 1 aliphatic rings. The molecule has 0 aromatic heterocycles. The molecule has 1 aromatic rings. The van der Waals surface area contributed by atoms with Crippen molar-refractivity contribution in [1.82, 2.24) is 0 Å². The Balaban J connectivity index is 0.00000242. The van der Waals surface area contributed by atoms with Crippen LogP contribution in [-0.2, 0) is 21.1 Å². The average Bonchev–Trinajstić information content (AvgIpc) is 2.48. The molecule has 1 aromatic carbocycles. The summed E-state index contributed by atoms with van der Waals surface area (Å²) in [6.45, 7) is 0. The third-order valence-corrected chi connectivity index (χ3v) is 4.06. The van der Waals surface area contributed by atoms with E-state index in [1.54, 1.807) is 17.8 Å². The molecule has 2 rings (SSSR count). The predicted molar refractivity (Wildman–Crippen MR) is 85.3 cm³/mol. The zero-order valence-corrected chi connectivity index (χ0v) is 15.7. The van der Waals surface area contributed by atoms with Crippen LogP contribution in [0.25, 0.3) is 5.73 Å². The number of ether oxygens (including phenoxy) is 1. The topological polar surface area (TPSA) is 106 Å². The van der Waals surface area contributed by atoms with Crippen molar-refractivity contribution in [3.8, 4) is 5.75 Å². The minimum atomic E-state index is -1.64. The van der Waals surface area contributed by atoms with E-state index < -0.39 is 7.12 Å². The monoisotopic (exact) mass is 491 g/mol. The molecule has 0 spiro atoms. The van der Waals surface area contributed by atoms with Crippen molar-refractivity contribution < 1.29 is 41.0 Å². The minimum absolute atomic E-state index is 0. The number of nitrogens with zero attached hydrogens (tertiary/aromatic N) is 1. The van der Waals surface area contributed by atoms with Crippen LogP contribution in [0.4, 0.5) is 0 Å². The van der Waals surface area contributed by atoms with Gasteiger partial charge in [0, 0.05) is 26.5 Å². The summed E-state index contributed by atoms with van der Waals surface area (Å²) in [4.78, 5) is 4.16. The van der Waals surface area contributed by atoms with Crippen molar-refractivity contribution in [3.05, 3.63) is 41.0 Å². The first kappa shape index (κ1) is 19.1. The van der Waals surface area contributed by atoms with Crippen LogP contribution < -0.4 is 10.2 Å². The van der Waals surface area contributed by atoms with Gasteiger partial charge in [0.15, 0.2) is 0 Å². The standard InChI is InChI=1S/C13H16BN2O4S.W/c1-20-12-6-8(2-3-9(12)14(18)19)13(15)16-10-4-5-21-7-11(10)17;/h2-3,6,18-19H,4-5,7H2,1H3,(H2-,15,16,17);/q-1;. The van der Waals surface area contributed by atoms with Crippen LogP contribution >= 0.6 is 11.8 Å². The maximum absolute atomic E-state index is 9.76. The fourth-order valence-electron chi connectivity index (χ4n) is 1.96. The van der Waals surface area contributed by atoms with E-state index in [4.69, 9.17) is 10.5 Å². The summed E-state index contributed by atoms with van der Waals surface area (Å²) >= 11 is 1.63. The molecule has 1 aliphatic heterocycles. The summed E-state index contributed by atoms with van der Waals surface area (Å²) in [5, 5.41) is 28.2. The summed E-state index contributed by atoms with van der Waals surface area (Å²) in [6, 6.07) is 4.57. The van der Waals surface area contributed by atoms with Crippen molar-refractivity contribution in [3.63, 3.8) is 0 Å². The van der Waals surface area contributed by atoms with Gasteiger partial charge in [-0.25, -0.2) is 0 Å². The Morgan fingerprint density at radius 1 is 1.41 bits per heavy atom. The van der Waals surface area contributed by atoms with E-state index >= 15 is 0 Å². The maximum atomic E-state index is 9.76. The van der Waals surface area contributed by atoms with E-state index in [-0.39, 0.29) is 43.9 Å². The van der Waals surface area contributed by atoms with Gasteiger partial charge < -0.3 is 30.6 Å². The van der Waals surface area contributed by atoms with Crippen LogP contribution in [0.15, 0.2) is 34.6 Å². The molecular weight excluding hydrogens is 475 g/mol. The van der Waals surface area contributed by atoms with Crippen LogP contribution in [0.2, 0.25) is 0 Å². The fraction of sp³-hybridized carbons (Fsp3) is 0.308. The van der Waals surface area contributed by atoms with Gasteiger partial charge in [0.05, 0.1) is 12.9 Å². The van der Waals surface area contributed by atoms with Crippen LogP contribution in [0.5, 0.6) is 5.75 Å². The molecule has 0 saturated heterocycles. The Hall–Kier alpha value is -0.947. The van der Waals surface area contributed by atoms with Crippen LogP contribution in [0, 0.1) is 0 Å². The second-order valence-corrected chi connectivity index (χ2v) is 5.59. The van der Waals surface area contributed by atoms with Gasteiger partial charge in [0.1, 0.15) is 11.5 Å². The number of amidine groups is 1. The van der Waals surface area contributed by atoms with Crippen LogP contribution in [0.3, 0.4) is 0 Å². The van der Waals surface area contributed by atoms with Crippen molar-refractivity contribution in [2.24, 2.45) is 4.99 Å². The first-order chi connectivity index (χ1) is 10.0. The van der Waals surface area contributed by atoms with Gasteiger partial charge >= 0.3 is 7.12 Å². The van der Waals surface area contributed by atoms with Gasteiger partial charge in [-0.05, 0) is 29.5 Å². The molecule has 0 unspecified atom stereocenters. The first-order valence-electron chi connectivity index (χ1n) is 6.36. The van der Waals surface area contributed by atoms with Gasteiger partial charge in [-0.1, -0.05) is 18.0 Å². The summed E-state index contributed by atoms with van der Waals surface area (Å²) < 4.78 is 5.09. The molecule has 1 heterocycles. The molecule has 0 amide bonds. The molecule has 0 aliphatic carbocycles. The number of nitrogens with one attached hydrogen (secondary N) is 1. The molecule has 118 valence electrons. The van der Waals surface area contributed by atoms with E-state index in [1.807, 2.05) is 0 Å². The zero-order chi connectivity index (χ0) is 15.4. The average molecular weight is 491 g/mol. The van der Waals surface area contributed by atoms with Crippen molar-refractivity contribution >= 4 is 30.2 Å². The normalized spacial score (nSPS) is 15.3. The fourth-order valence-corrected chi connectivity index (χ4v) is 2.80. The Morgan fingerprint density at radius 3 is 2.73 bits per heavy atom. The quantitative estimate of drug-likeness (QED) is 0.333. The third kappa shape index (κ3) is 4.52. The number of aliphatic imine (C=N–C) groups is 1. The molecule has 4 N–H and O–H groups in total. The van der Waals surface area contributed by atoms with Crippen LogP contribution in [0.1, 0.15) is 12.0 Å². The summed E-state index contributed by atoms with van der Waals surface area (Å²) in [7, 11) is -0.222. The van der Waals surface area contributed by atoms with E-state index in [0.29, 0.717) is 23.4 Å². The second-order valence-electron chi connectivity index (χ2n) is 4.49. The second kappa shape index (κ2) is 8.62. The Morgan fingerprint density at radius 2 is 2.14 bits per heavy atom. The molecule has 0 radical (unpaired) electrons. The summed E-state index contributed by atoms with van der Waals surface area (Å²) in [5.74, 6) is 1.88. The Labute approximate surface area is 147 Å². The third-order valence-electron chi connectivity index (χ3n) is 3.09. The van der Waals surface area contributed by atoms with E-state index in [0.717, 1.165) is 5.75 Å². The first-order valence-corrected chi connectivity index (χ1v) is 7.52. The largest absolute Gasteiger partial charge is 0.512 e. The molecule has 9 heteroatoms. The zero-order valence-electron chi connectivity index (χ0n) is 11.9. The number of hydrogen-bond acceptors (Lipinski definition) is 6. The van der Waals surface area contributed by atoms with Crippen molar-refractivity contribution in [2.45, 2.75) is 6.42 Å². The number of methoxy groups -OCH3 is 1. The predicted octanol–water partition coefficient (Wildman–Crippen LogP) is 1.08. The molecule has 0 fully saturated rings. The van der Waals surface area contributed by atoms with E-state index in [9.17, 15) is 15.2 Å². The van der Waals surface area contributed by atoms with Crippen molar-refractivity contribution in [1.29, 1.82) is 0 Å². The number of benzene rings is 1. The molecule has 6 nitrogen and oxygen atoms in total. The minimum Gasteiger partial charge on any atom is -0.512 e. The number of aliphatic hydroxyl groups excluding tert-OH is 1. The van der Waals surface area contributed by atoms with Crippen LogP contribution in [-0.4, -0.2) is 46.7 Å². The SMILES string of the molecule is COc1cc(C([NH-])=NC2=C(O)CSCC2)ccc1B(O)O.[W]. The Kier molecular flexibility index (Phi) is 7.49. The van der Waals surface area contributed by atoms with E-state index in [1.165, 1.54) is 19.2 Å². The Bertz CT molecular complexity index is 595. The van der Waals surface area contributed by atoms with Gasteiger partial charge in [0.25, 0.3) is 0 Å². The maximum Gasteiger partial charge on any atom is 0.492 e. The van der Waals surface area contributed by atoms with Gasteiger partial charge in [0.2, 0.25) is 0 Å². The summed E-state index contributed by atoms with van der Waals surface area (Å²) in [6.07, 6.45) is 0.628. The number of hydrogen-bond donors (Lipinski definition) is 3. The molecular formula is C13H16BN2O4SW-. The van der Waals surface area contributed by atoms with Crippen molar-refractivity contribution in [2.75, 3.05) is 18.6 Å². The van der Waals surface area contributed by atoms with E-state index in [2.05, 4.69) is 4.99 Å². The molecule has 0 saturated carbocycles. The number of allylic oxidation sites excluding steroid dienone is 1. The summed E-state index contributed by atoms with van der Waals surface area (Å²) in [5.41, 5.74) is 9.25. The molecule has 0 atom stereocenters. The smallest absolute Gasteiger partial charge is 0.492 e. The number of thioether (sulfide) groups is 1. The number of rotatable bonds is 4.